The van der Waals surface area contributed by atoms with Crippen LogP contribution in [0.1, 0.15) is 48.7 Å². The Kier molecular flexibility index (Phi) is 9.11. The van der Waals surface area contributed by atoms with E-state index < -0.39 is 6.10 Å². The van der Waals surface area contributed by atoms with Crippen LogP contribution in [0.25, 0.3) is 0 Å². The molecule has 0 fully saturated rings. The summed E-state index contributed by atoms with van der Waals surface area (Å²) in [6.45, 7) is 9.10. The van der Waals surface area contributed by atoms with Gasteiger partial charge in [-0.25, -0.2) is 0 Å². The molecule has 1 aliphatic heterocycles. The molecule has 0 spiro atoms. The predicted octanol–water partition coefficient (Wildman–Crippen LogP) is 3.71. The highest BCUT2D eigenvalue weighted by molar-refractivity contribution is 7.10. The standard InChI is InChI=1S/C25H36N2O4S/c1-5-26(14-20(28)16-30-4)15-25(29)27-12-10-24-22(11-13-32-24)23(27)17-31-21-8-6-19(7-9-21)18(2)3/h6-9,11,13,18,20,23,28H,5,10,12,14-17H2,1-4H3/t20-,23+/m0/s1. The van der Waals surface area contributed by atoms with Crippen LogP contribution >= 0.6 is 11.3 Å². The second kappa shape index (κ2) is 11.8. The van der Waals surface area contributed by atoms with Gasteiger partial charge in [0.1, 0.15) is 12.4 Å². The van der Waals surface area contributed by atoms with Crippen molar-refractivity contribution in [2.45, 2.75) is 45.3 Å². The van der Waals surface area contributed by atoms with Crippen LogP contribution in [0.4, 0.5) is 0 Å². The molecule has 1 aliphatic rings. The van der Waals surface area contributed by atoms with Gasteiger partial charge in [0.25, 0.3) is 0 Å². The van der Waals surface area contributed by atoms with E-state index in [1.54, 1.807) is 18.4 Å². The molecular weight excluding hydrogens is 424 g/mol. The fourth-order valence-electron chi connectivity index (χ4n) is 4.13. The second-order valence-corrected chi connectivity index (χ2v) is 9.62. The van der Waals surface area contributed by atoms with E-state index in [4.69, 9.17) is 9.47 Å². The van der Waals surface area contributed by atoms with Crippen LogP contribution in [0.15, 0.2) is 35.7 Å². The smallest absolute Gasteiger partial charge is 0.237 e. The third-order valence-electron chi connectivity index (χ3n) is 6.00. The molecule has 2 atom stereocenters. The Balaban J connectivity index is 1.69. The number of methoxy groups -OCH3 is 1. The molecule has 6 nitrogen and oxygen atoms in total. The van der Waals surface area contributed by atoms with E-state index in [1.807, 2.05) is 28.9 Å². The lowest BCUT2D eigenvalue weighted by Crippen LogP contribution is -2.48. The summed E-state index contributed by atoms with van der Waals surface area (Å²) in [5, 5.41) is 12.2. The van der Waals surface area contributed by atoms with E-state index in [-0.39, 0.29) is 25.1 Å². The molecule has 0 bridgehead atoms. The molecular formula is C25H36N2O4S. The zero-order valence-corrected chi connectivity index (χ0v) is 20.4. The number of carbonyl (C=O) groups excluding carboxylic acids is 1. The van der Waals surface area contributed by atoms with Crippen LogP contribution in [-0.2, 0) is 16.0 Å². The van der Waals surface area contributed by atoms with Crippen LogP contribution in [0, 0.1) is 0 Å². The van der Waals surface area contributed by atoms with Crippen molar-refractivity contribution in [1.82, 2.24) is 9.80 Å². The molecule has 2 heterocycles. The number of amides is 1. The molecule has 1 aromatic carbocycles. The largest absolute Gasteiger partial charge is 0.491 e. The number of hydrogen-bond donors (Lipinski definition) is 1. The summed E-state index contributed by atoms with van der Waals surface area (Å²) in [7, 11) is 1.57. The van der Waals surface area contributed by atoms with Gasteiger partial charge in [-0.1, -0.05) is 32.9 Å². The molecule has 32 heavy (non-hydrogen) atoms. The Morgan fingerprint density at radius 1 is 1.28 bits per heavy atom. The average molecular weight is 461 g/mol. The van der Waals surface area contributed by atoms with Crippen LogP contribution in [0.3, 0.4) is 0 Å². The number of thiophene rings is 1. The molecule has 0 saturated carbocycles. The fraction of sp³-hybridized carbons (Fsp3) is 0.560. The van der Waals surface area contributed by atoms with Crippen molar-refractivity contribution in [1.29, 1.82) is 0 Å². The highest BCUT2D eigenvalue weighted by Crippen LogP contribution is 2.34. The number of aliphatic hydroxyl groups is 1. The van der Waals surface area contributed by atoms with Crippen LogP contribution in [0.2, 0.25) is 0 Å². The number of aliphatic hydroxyl groups excluding tert-OH is 1. The first-order valence-corrected chi connectivity index (χ1v) is 12.3. The van der Waals surface area contributed by atoms with Gasteiger partial charge < -0.3 is 19.5 Å². The van der Waals surface area contributed by atoms with Gasteiger partial charge in [-0.3, -0.25) is 9.69 Å². The molecule has 0 aliphatic carbocycles. The van der Waals surface area contributed by atoms with Gasteiger partial charge in [-0.2, -0.15) is 0 Å². The second-order valence-electron chi connectivity index (χ2n) is 8.62. The number of likely N-dealkylation sites (N-methyl/N-ethyl adjacent to an activating group) is 1. The number of rotatable bonds is 11. The maximum Gasteiger partial charge on any atom is 0.237 e. The van der Waals surface area contributed by atoms with Gasteiger partial charge in [0.2, 0.25) is 5.91 Å². The molecule has 0 unspecified atom stereocenters. The quantitative estimate of drug-likeness (QED) is 0.554. The summed E-state index contributed by atoms with van der Waals surface area (Å²) in [6, 6.07) is 10.2. The lowest BCUT2D eigenvalue weighted by molar-refractivity contribution is -0.136. The molecule has 0 radical (unpaired) electrons. The van der Waals surface area contributed by atoms with Crippen molar-refractivity contribution >= 4 is 17.2 Å². The van der Waals surface area contributed by atoms with Crippen molar-refractivity contribution < 1.29 is 19.4 Å². The van der Waals surface area contributed by atoms with Crippen molar-refractivity contribution in [2.75, 3.05) is 46.5 Å². The van der Waals surface area contributed by atoms with Gasteiger partial charge in [-0.05, 0) is 53.6 Å². The van der Waals surface area contributed by atoms with Crippen molar-refractivity contribution in [3.63, 3.8) is 0 Å². The maximum absolute atomic E-state index is 13.3. The van der Waals surface area contributed by atoms with Crippen LogP contribution < -0.4 is 4.74 Å². The van der Waals surface area contributed by atoms with Crippen molar-refractivity contribution in [3.05, 3.63) is 51.7 Å². The Labute approximate surface area is 195 Å². The molecule has 176 valence electrons. The Morgan fingerprint density at radius 2 is 2.03 bits per heavy atom. The summed E-state index contributed by atoms with van der Waals surface area (Å²) in [4.78, 5) is 18.6. The van der Waals surface area contributed by atoms with Gasteiger partial charge in [0.05, 0.1) is 25.3 Å². The molecule has 2 aromatic rings. The van der Waals surface area contributed by atoms with Gasteiger partial charge in [0, 0.05) is 25.1 Å². The maximum atomic E-state index is 13.3. The Hall–Kier alpha value is -1.93. The molecule has 1 N–H and O–H groups in total. The molecule has 7 heteroatoms. The minimum atomic E-state index is -0.606. The molecule has 3 rings (SSSR count). The monoisotopic (exact) mass is 460 g/mol. The number of fused-ring (bicyclic) bond motifs is 1. The third-order valence-corrected chi connectivity index (χ3v) is 7.00. The highest BCUT2D eigenvalue weighted by atomic mass is 32.1. The average Bonchev–Trinajstić information content (AvgIpc) is 3.26. The lowest BCUT2D eigenvalue weighted by atomic mass is 10.00. The van der Waals surface area contributed by atoms with Crippen molar-refractivity contribution in [2.24, 2.45) is 0 Å². The summed E-state index contributed by atoms with van der Waals surface area (Å²) in [5.41, 5.74) is 2.47. The van der Waals surface area contributed by atoms with E-state index in [9.17, 15) is 9.90 Å². The molecule has 0 saturated heterocycles. The molecule has 1 aromatic heterocycles. The number of ether oxygens (including phenoxy) is 2. The number of nitrogens with zero attached hydrogens (tertiary/aromatic N) is 2. The summed E-state index contributed by atoms with van der Waals surface area (Å²) < 4.78 is 11.2. The van der Waals surface area contributed by atoms with Gasteiger partial charge in [0.15, 0.2) is 0 Å². The Morgan fingerprint density at radius 3 is 2.69 bits per heavy atom. The third kappa shape index (κ3) is 6.32. The van der Waals surface area contributed by atoms with E-state index >= 15 is 0 Å². The van der Waals surface area contributed by atoms with E-state index in [2.05, 4.69) is 37.4 Å². The summed E-state index contributed by atoms with van der Waals surface area (Å²) >= 11 is 1.75. The van der Waals surface area contributed by atoms with E-state index in [0.29, 0.717) is 32.2 Å². The van der Waals surface area contributed by atoms with Crippen LogP contribution in [0.5, 0.6) is 5.75 Å². The number of hydrogen-bond acceptors (Lipinski definition) is 6. The first kappa shape index (κ1) is 24.7. The molecule has 1 amide bonds. The first-order valence-electron chi connectivity index (χ1n) is 11.4. The fourth-order valence-corrected chi connectivity index (χ4v) is 5.06. The highest BCUT2D eigenvalue weighted by Gasteiger charge is 2.33. The van der Waals surface area contributed by atoms with Crippen LogP contribution in [-0.4, -0.2) is 73.4 Å². The Bertz CT molecular complexity index is 852. The zero-order valence-electron chi connectivity index (χ0n) is 19.6. The van der Waals surface area contributed by atoms with E-state index in [1.165, 1.54) is 16.0 Å². The number of carbonyl (C=O) groups is 1. The lowest BCUT2D eigenvalue weighted by Gasteiger charge is -2.37. The normalized spacial score (nSPS) is 17.0. The topological polar surface area (TPSA) is 62.2 Å². The van der Waals surface area contributed by atoms with Crippen molar-refractivity contribution in [3.8, 4) is 5.75 Å². The summed E-state index contributed by atoms with van der Waals surface area (Å²) in [5.74, 6) is 1.37. The first-order chi connectivity index (χ1) is 15.4. The zero-order chi connectivity index (χ0) is 23.1. The number of benzene rings is 1. The predicted molar refractivity (Wildman–Crippen MR) is 128 cm³/mol. The van der Waals surface area contributed by atoms with E-state index in [0.717, 1.165) is 12.2 Å². The minimum absolute atomic E-state index is 0.0667. The SMILES string of the molecule is CCN(CC(=O)N1CCc2sccc2[C@H]1COc1ccc(C(C)C)cc1)C[C@H](O)COC. The minimum Gasteiger partial charge on any atom is -0.491 e. The summed E-state index contributed by atoms with van der Waals surface area (Å²) in [6.07, 6.45) is 0.266. The van der Waals surface area contributed by atoms with Gasteiger partial charge in [-0.15, -0.1) is 11.3 Å². The van der Waals surface area contributed by atoms with Gasteiger partial charge >= 0.3 is 0 Å².